The summed E-state index contributed by atoms with van der Waals surface area (Å²) in [4.78, 5) is 18.8. The van der Waals surface area contributed by atoms with E-state index < -0.39 is 0 Å². The molecule has 0 radical (unpaired) electrons. The van der Waals surface area contributed by atoms with Gasteiger partial charge in [0, 0.05) is 27.7 Å². The van der Waals surface area contributed by atoms with Crippen LogP contribution >= 0.6 is 22.6 Å². The second kappa shape index (κ2) is 8.78. The monoisotopic (exact) mass is 524 g/mol. The molecule has 1 N–H and O–H groups in total. The number of piperidine rings is 1. The molecule has 2 aromatic rings. The van der Waals surface area contributed by atoms with Gasteiger partial charge in [0.05, 0.1) is 44.7 Å². The number of carbonyl (C=O) groups is 1. The maximum atomic E-state index is 12.5. The predicted molar refractivity (Wildman–Crippen MR) is 125 cm³/mol. The van der Waals surface area contributed by atoms with Crippen molar-refractivity contribution in [1.29, 1.82) is 0 Å². The third-order valence-electron chi connectivity index (χ3n) is 6.71. The molecule has 4 rings (SSSR count). The highest BCUT2D eigenvalue weighted by Gasteiger charge is 2.42. The maximum absolute atomic E-state index is 12.5. The number of ether oxygens (including phenoxy) is 3. The van der Waals surface area contributed by atoms with Gasteiger partial charge in [-0.05, 0) is 65.0 Å². The standard InChI is InChI=1S/C23H29IN2O4/c1-5-13-11-26-7-6-15-21-18(8-14(24)9-20(21)29-3)25-22(15)19(26)10-16(13)17(12-28-2)23(27)30-4/h8-9,12-13,16,19,25H,5-7,10-11H2,1-4H3/b17-12+/t13-,16+,19+/m1/s1. The Morgan fingerprint density at radius 3 is 2.80 bits per heavy atom. The molecule has 6 nitrogen and oxygen atoms in total. The van der Waals surface area contributed by atoms with Crippen LogP contribution in [0.4, 0.5) is 0 Å². The minimum absolute atomic E-state index is 0.100. The molecular formula is C23H29IN2O4. The fourth-order valence-corrected chi connectivity index (χ4v) is 5.91. The van der Waals surface area contributed by atoms with Gasteiger partial charge in [0.2, 0.25) is 0 Å². The topological polar surface area (TPSA) is 63.8 Å². The molecule has 1 aromatic carbocycles. The van der Waals surface area contributed by atoms with Crippen molar-refractivity contribution < 1.29 is 19.0 Å². The molecule has 0 unspecified atom stereocenters. The summed E-state index contributed by atoms with van der Waals surface area (Å²) in [6.45, 7) is 4.18. The third kappa shape index (κ3) is 3.60. The van der Waals surface area contributed by atoms with Crippen molar-refractivity contribution in [3.63, 3.8) is 0 Å². The number of methoxy groups -OCH3 is 3. The molecular weight excluding hydrogens is 495 g/mol. The number of H-pyrrole nitrogens is 1. The zero-order valence-corrected chi connectivity index (χ0v) is 20.1. The average Bonchev–Trinajstić information content (AvgIpc) is 3.14. The fourth-order valence-electron chi connectivity index (χ4n) is 5.32. The third-order valence-corrected chi connectivity index (χ3v) is 7.33. The quantitative estimate of drug-likeness (QED) is 0.272. The van der Waals surface area contributed by atoms with E-state index in [1.165, 1.54) is 23.8 Å². The number of rotatable bonds is 5. The smallest absolute Gasteiger partial charge is 0.337 e. The molecule has 0 amide bonds. The lowest BCUT2D eigenvalue weighted by molar-refractivity contribution is -0.137. The molecule has 1 saturated heterocycles. The van der Waals surface area contributed by atoms with Crippen LogP contribution in [0.2, 0.25) is 0 Å². The number of aromatic nitrogens is 1. The minimum Gasteiger partial charge on any atom is -0.504 e. The van der Waals surface area contributed by atoms with E-state index in [9.17, 15) is 4.79 Å². The van der Waals surface area contributed by atoms with Crippen molar-refractivity contribution in [3.05, 3.63) is 38.8 Å². The van der Waals surface area contributed by atoms with E-state index in [0.717, 1.165) is 47.2 Å². The summed E-state index contributed by atoms with van der Waals surface area (Å²) in [5.74, 6) is 1.13. The fraction of sp³-hybridized carbons (Fsp3) is 0.522. The van der Waals surface area contributed by atoms with Gasteiger partial charge >= 0.3 is 5.97 Å². The lowest BCUT2D eigenvalue weighted by Crippen LogP contribution is -2.47. The van der Waals surface area contributed by atoms with E-state index in [2.05, 4.69) is 51.5 Å². The van der Waals surface area contributed by atoms with Gasteiger partial charge in [0.1, 0.15) is 5.75 Å². The predicted octanol–water partition coefficient (Wildman–Crippen LogP) is 4.43. The van der Waals surface area contributed by atoms with E-state index in [1.807, 2.05) is 0 Å². The molecule has 7 heteroatoms. The molecule has 2 aliphatic heterocycles. The summed E-state index contributed by atoms with van der Waals surface area (Å²) in [6, 6.07) is 4.51. The van der Waals surface area contributed by atoms with Crippen LogP contribution in [0, 0.1) is 15.4 Å². The molecule has 1 fully saturated rings. The molecule has 0 aliphatic carbocycles. The average molecular weight is 524 g/mol. The first-order valence-corrected chi connectivity index (χ1v) is 11.5. The highest BCUT2D eigenvalue weighted by Crippen LogP contribution is 2.47. The number of hydrogen-bond donors (Lipinski definition) is 1. The summed E-state index contributed by atoms with van der Waals surface area (Å²) < 4.78 is 17.2. The molecule has 0 spiro atoms. The van der Waals surface area contributed by atoms with Gasteiger partial charge in [-0.1, -0.05) is 13.3 Å². The molecule has 3 atom stereocenters. The summed E-state index contributed by atoms with van der Waals surface area (Å²) in [5.41, 5.74) is 4.38. The number of aromatic amines is 1. The van der Waals surface area contributed by atoms with Crippen LogP contribution in [0.15, 0.2) is 24.0 Å². The lowest BCUT2D eigenvalue weighted by atomic mass is 9.74. The first-order chi connectivity index (χ1) is 14.5. The van der Waals surface area contributed by atoms with Gasteiger partial charge in [-0.3, -0.25) is 4.90 Å². The van der Waals surface area contributed by atoms with Crippen LogP contribution < -0.4 is 4.74 Å². The van der Waals surface area contributed by atoms with Crippen LogP contribution in [0.25, 0.3) is 10.9 Å². The molecule has 0 bridgehead atoms. The van der Waals surface area contributed by atoms with Crippen LogP contribution in [0.3, 0.4) is 0 Å². The molecule has 1 aromatic heterocycles. The Hall–Kier alpha value is -1.74. The van der Waals surface area contributed by atoms with Crippen molar-refractivity contribution in [3.8, 4) is 5.75 Å². The largest absolute Gasteiger partial charge is 0.504 e. The van der Waals surface area contributed by atoms with Crippen molar-refractivity contribution in [2.75, 3.05) is 34.4 Å². The summed E-state index contributed by atoms with van der Waals surface area (Å²) in [6.07, 6.45) is 4.45. The van der Waals surface area contributed by atoms with Gasteiger partial charge in [-0.15, -0.1) is 0 Å². The number of esters is 1. The number of halogens is 1. The van der Waals surface area contributed by atoms with Crippen molar-refractivity contribution >= 4 is 39.5 Å². The molecule has 30 heavy (non-hydrogen) atoms. The normalized spacial score (nSPS) is 24.3. The number of nitrogens with zero attached hydrogens (tertiary/aromatic N) is 1. The number of fused-ring (bicyclic) bond motifs is 5. The Balaban J connectivity index is 1.78. The second-order valence-electron chi connectivity index (χ2n) is 8.12. The van der Waals surface area contributed by atoms with Crippen LogP contribution in [-0.4, -0.2) is 50.3 Å². The Kier molecular flexibility index (Phi) is 6.29. The van der Waals surface area contributed by atoms with Gasteiger partial charge < -0.3 is 19.2 Å². The molecule has 0 saturated carbocycles. The van der Waals surface area contributed by atoms with Crippen LogP contribution in [0.5, 0.6) is 5.75 Å². The van der Waals surface area contributed by atoms with Gasteiger partial charge in [-0.2, -0.15) is 0 Å². The summed E-state index contributed by atoms with van der Waals surface area (Å²) in [7, 11) is 4.76. The van der Waals surface area contributed by atoms with E-state index >= 15 is 0 Å². The Morgan fingerprint density at radius 1 is 1.33 bits per heavy atom. The summed E-state index contributed by atoms with van der Waals surface area (Å²) >= 11 is 2.33. The zero-order valence-electron chi connectivity index (χ0n) is 18.0. The Bertz CT molecular complexity index is 983. The van der Waals surface area contributed by atoms with Crippen LogP contribution in [-0.2, 0) is 20.7 Å². The summed E-state index contributed by atoms with van der Waals surface area (Å²) in [5, 5.41) is 1.20. The van der Waals surface area contributed by atoms with Crippen LogP contribution in [0.1, 0.15) is 37.1 Å². The first kappa shape index (κ1) is 21.5. The number of benzene rings is 1. The van der Waals surface area contributed by atoms with Crippen molar-refractivity contribution in [2.24, 2.45) is 11.8 Å². The number of carbonyl (C=O) groups excluding carboxylic acids is 1. The molecule has 2 aliphatic rings. The van der Waals surface area contributed by atoms with Gasteiger partial charge in [-0.25, -0.2) is 4.79 Å². The Labute approximate surface area is 191 Å². The van der Waals surface area contributed by atoms with E-state index in [0.29, 0.717) is 11.5 Å². The van der Waals surface area contributed by atoms with E-state index in [4.69, 9.17) is 14.2 Å². The molecule has 162 valence electrons. The van der Waals surface area contributed by atoms with Gasteiger partial charge in [0.15, 0.2) is 0 Å². The zero-order chi connectivity index (χ0) is 21.4. The maximum Gasteiger partial charge on any atom is 0.337 e. The van der Waals surface area contributed by atoms with E-state index in [1.54, 1.807) is 20.5 Å². The SMILES string of the molecule is CC[C@@H]1CN2CCc3c([nH]c4cc(I)cc(OC)c34)[C@@H]2C[C@@H]1/C(=C\OC)C(=O)OC. The second-order valence-corrected chi connectivity index (χ2v) is 9.37. The highest BCUT2D eigenvalue weighted by atomic mass is 127. The first-order valence-electron chi connectivity index (χ1n) is 10.5. The number of nitrogens with one attached hydrogen (secondary N) is 1. The van der Waals surface area contributed by atoms with Crippen molar-refractivity contribution in [2.45, 2.75) is 32.2 Å². The molecule has 3 heterocycles. The lowest BCUT2D eigenvalue weighted by Gasteiger charge is -2.46. The van der Waals surface area contributed by atoms with E-state index in [-0.39, 0.29) is 17.9 Å². The highest BCUT2D eigenvalue weighted by molar-refractivity contribution is 14.1. The van der Waals surface area contributed by atoms with Gasteiger partial charge in [0.25, 0.3) is 0 Å². The Morgan fingerprint density at radius 2 is 2.13 bits per heavy atom. The minimum atomic E-state index is -0.294. The number of hydrogen-bond acceptors (Lipinski definition) is 5. The van der Waals surface area contributed by atoms with Crippen molar-refractivity contribution in [1.82, 2.24) is 9.88 Å².